The number of hydrogen-bond acceptors (Lipinski definition) is 5. The van der Waals surface area contributed by atoms with E-state index in [0.29, 0.717) is 50.4 Å². The molecule has 266 valence electrons. The Morgan fingerprint density at radius 2 is 1.59 bits per heavy atom. The number of rotatable bonds is 8. The Kier molecular flexibility index (Phi) is 9.97. The van der Waals surface area contributed by atoms with Gasteiger partial charge in [0, 0.05) is 87.1 Å². The first kappa shape index (κ1) is 34.5. The van der Waals surface area contributed by atoms with Gasteiger partial charge in [0.2, 0.25) is 0 Å². The van der Waals surface area contributed by atoms with Crippen molar-refractivity contribution >= 4 is 23.6 Å². The van der Waals surface area contributed by atoms with Gasteiger partial charge in [-0.1, -0.05) is 49.4 Å². The predicted octanol–water partition coefficient (Wildman–Crippen LogP) is 5.99. The second-order valence-electron chi connectivity index (χ2n) is 14.0. The van der Waals surface area contributed by atoms with Crippen LogP contribution in [0.15, 0.2) is 72.8 Å². The van der Waals surface area contributed by atoms with Crippen LogP contribution in [0.4, 0.5) is 10.5 Å². The predicted molar refractivity (Wildman–Crippen MR) is 197 cm³/mol. The maximum Gasteiger partial charge on any atom is 0.407 e. The maximum atomic E-state index is 15.1. The topological polar surface area (TPSA) is 98.6 Å². The molecule has 3 aliphatic rings. The van der Waals surface area contributed by atoms with E-state index in [1.54, 1.807) is 0 Å². The van der Waals surface area contributed by atoms with Crippen molar-refractivity contribution < 1.29 is 24.2 Å². The fourth-order valence-electron chi connectivity index (χ4n) is 7.89. The Balaban J connectivity index is 1.32. The Bertz CT molecular complexity index is 1930. The van der Waals surface area contributed by atoms with Crippen LogP contribution in [0.3, 0.4) is 0 Å². The normalized spacial score (nSPS) is 17.5. The van der Waals surface area contributed by atoms with Gasteiger partial charge in [-0.3, -0.25) is 14.5 Å². The van der Waals surface area contributed by atoms with Crippen LogP contribution in [-0.2, 0) is 37.7 Å². The van der Waals surface area contributed by atoms with Gasteiger partial charge in [-0.15, -0.1) is 0 Å². The number of carbonyl (C=O) groups excluding carboxylic acids is 2. The van der Waals surface area contributed by atoms with Gasteiger partial charge in [-0.25, -0.2) is 4.79 Å². The summed E-state index contributed by atoms with van der Waals surface area (Å²) in [6.07, 6.45) is 1.14. The molecular formula is C41H47N5O5. The number of benzene rings is 3. The van der Waals surface area contributed by atoms with Gasteiger partial charge >= 0.3 is 6.09 Å². The monoisotopic (exact) mass is 689 g/mol. The molecule has 4 aromatic rings. The molecule has 3 aliphatic heterocycles. The molecule has 3 aromatic carbocycles. The van der Waals surface area contributed by atoms with Crippen molar-refractivity contribution in [2.45, 2.75) is 52.2 Å². The van der Waals surface area contributed by atoms with Crippen molar-refractivity contribution in [1.82, 2.24) is 19.3 Å². The summed E-state index contributed by atoms with van der Waals surface area (Å²) in [5.41, 5.74) is 8.60. The smallest absolute Gasteiger partial charge is 0.407 e. The fourth-order valence-corrected chi connectivity index (χ4v) is 7.89. The highest BCUT2D eigenvalue weighted by molar-refractivity contribution is 6.08. The van der Waals surface area contributed by atoms with Gasteiger partial charge in [0.15, 0.2) is 0 Å². The van der Waals surface area contributed by atoms with Crippen molar-refractivity contribution in [3.05, 3.63) is 112 Å². The minimum absolute atomic E-state index is 0.0503. The summed E-state index contributed by atoms with van der Waals surface area (Å²) in [6, 6.07) is 24.0. The van der Waals surface area contributed by atoms with Crippen LogP contribution in [0.2, 0.25) is 0 Å². The third kappa shape index (κ3) is 6.90. The molecule has 0 aliphatic carbocycles. The average molecular weight is 690 g/mol. The molecule has 0 unspecified atom stereocenters. The minimum Gasteiger partial charge on any atom is -0.465 e. The van der Waals surface area contributed by atoms with Gasteiger partial charge < -0.3 is 29.1 Å². The number of morpholine rings is 1. The standard InChI is InChI=1S/C41H47N5O5/c1-4-15-45(33-12-6-5-7-13-33)39(47)35-24-38(42(3)28(35)2)36-22-30-14-16-44(41(49)50)25-32(30)23-37(36)40(48)46-26-31-11-9-8-10-29(31)21-34(46)27-43-17-19-51-20-18-43/h5-13,22-24,34H,4,14-21,25-27H2,1-3H3,(H,49,50)/t34-/m0/s1. The van der Waals surface area contributed by atoms with E-state index >= 15 is 4.79 Å². The van der Waals surface area contributed by atoms with Gasteiger partial charge in [0.05, 0.1) is 18.8 Å². The summed E-state index contributed by atoms with van der Waals surface area (Å²) in [5, 5.41) is 9.85. The summed E-state index contributed by atoms with van der Waals surface area (Å²) in [6.45, 7) is 9.45. The lowest BCUT2D eigenvalue weighted by molar-refractivity contribution is 0.0193. The van der Waals surface area contributed by atoms with Gasteiger partial charge in [0.1, 0.15) is 0 Å². The summed E-state index contributed by atoms with van der Waals surface area (Å²) >= 11 is 0. The highest BCUT2D eigenvalue weighted by atomic mass is 16.5. The van der Waals surface area contributed by atoms with E-state index < -0.39 is 6.09 Å². The molecule has 1 fully saturated rings. The summed E-state index contributed by atoms with van der Waals surface area (Å²) in [7, 11) is 1.95. The van der Waals surface area contributed by atoms with Crippen LogP contribution < -0.4 is 4.90 Å². The van der Waals surface area contributed by atoms with E-state index in [0.717, 1.165) is 71.8 Å². The molecule has 51 heavy (non-hydrogen) atoms. The van der Waals surface area contributed by atoms with E-state index in [9.17, 15) is 14.7 Å². The maximum absolute atomic E-state index is 15.1. The molecule has 0 bridgehead atoms. The van der Waals surface area contributed by atoms with Gasteiger partial charge in [0.25, 0.3) is 11.8 Å². The first-order chi connectivity index (χ1) is 24.7. The van der Waals surface area contributed by atoms with Crippen molar-refractivity contribution in [2.75, 3.05) is 50.8 Å². The number of amides is 3. The van der Waals surface area contributed by atoms with Gasteiger partial charge in [-0.05, 0) is 78.8 Å². The molecule has 1 aromatic heterocycles. The largest absolute Gasteiger partial charge is 0.465 e. The number of hydrogen-bond donors (Lipinski definition) is 1. The molecule has 10 heteroatoms. The average Bonchev–Trinajstić information content (AvgIpc) is 3.45. The molecule has 1 N–H and O–H groups in total. The molecule has 0 spiro atoms. The van der Waals surface area contributed by atoms with E-state index in [4.69, 9.17) is 4.74 Å². The molecule has 1 saturated heterocycles. The Morgan fingerprint density at radius 3 is 2.31 bits per heavy atom. The molecule has 0 saturated carbocycles. The van der Waals surface area contributed by atoms with Crippen LogP contribution in [-0.4, -0.2) is 94.3 Å². The molecular weight excluding hydrogens is 642 g/mol. The summed E-state index contributed by atoms with van der Waals surface area (Å²) in [4.78, 5) is 49.1. The lowest BCUT2D eigenvalue weighted by Crippen LogP contribution is -2.52. The van der Waals surface area contributed by atoms with Crippen molar-refractivity contribution in [3.8, 4) is 11.3 Å². The van der Waals surface area contributed by atoms with E-state index in [-0.39, 0.29) is 24.4 Å². The molecule has 1 atom stereocenters. The highest BCUT2D eigenvalue weighted by Crippen LogP contribution is 2.36. The van der Waals surface area contributed by atoms with Crippen LogP contribution in [0.1, 0.15) is 62.0 Å². The zero-order valence-corrected chi connectivity index (χ0v) is 29.8. The van der Waals surface area contributed by atoms with Gasteiger partial charge in [-0.2, -0.15) is 0 Å². The van der Waals surface area contributed by atoms with Crippen LogP contribution in [0.25, 0.3) is 11.3 Å². The summed E-state index contributed by atoms with van der Waals surface area (Å²) in [5.74, 6) is -0.166. The Morgan fingerprint density at radius 1 is 0.863 bits per heavy atom. The summed E-state index contributed by atoms with van der Waals surface area (Å²) < 4.78 is 7.65. The van der Waals surface area contributed by atoms with Crippen LogP contribution >= 0.6 is 0 Å². The molecule has 0 radical (unpaired) electrons. The molecule has 3 amide bonds. The second kappa shape index (κ2) is 14.7. The van der Waals surface area contributed by atoms with E-state index in [1.165, 1.54) is 10.5 Å². The SMILES string of the molecule is CCCN(C(=O)c1cc(-c2cc3c(cc2C(=O)N2Cc4ccccc4C[C@H]2CN2CCOCC2)CN(C(=O)O)CC3)n(C)c1C)c1ccccc1. The fraction of sp³-hybridized carbons (Fsp3) is 0.390. The Labute approximate surface area is 299 Å². The molecule has 10 nitrogen and oxygen atoms in total. The Hall–Kier alpha value is -4.93. The zero-order valence-electron chi connectivity index (χ0n) is 29.8. The quantitative estimate of drug-likeness (QED) is 0.244. The third-order valence-electron chi connectivity index (χ3n) is 10.8. The number of para-hydroxylation sites is 1. The number of fused-ring (bicyclic) bond motifs is 2. The first-order valence-electron chi connectivity index (χ1n) is 18.1. The number of anilines is 1. The van der Waals surface area contributed by atoms with Crippen molar-refractivity contribution in [1.29, 1.82) is 0 Å². The van der Waals surface area contributed by atoms with E-state index in [1.807, 2.05) is 76.9 Å². The van der Waals surface area contributed by atoms with Crippen LogP contribution in [0.5, 0.6) is 0 Å². The first-order valence-corrected chi connectivity index (χ1v) is 18.1. The minimum atomic E-state index is -0.966. The third-order valence-corrected chi connectivity index (χ3v) is 10.8. The molecule has 4 heterocycles. The number of aromatic nitrogens is 1. The van der Waals surface area contributed by atoms with Crippen molar-refractivity contribution in [2.24, 2.45) is 7.05 Å². The number of carboxylic acid groups (broad SMARTS) is 1. The highest BCUT2D eigenvalue weighted by Gasteiger charge is 2.35. The molecule has 7 rings (SSSR count). The second-order valence-corrected chi connectivity index (χ2v) is 14.0. The lowest BCUT2D eigenvalue weighted by Gasteiger charge is -2.41. The zero-order chi connectivity index (χ0) is 35.6. The number of nitrogens with zero attached hydrogens (tertiary/aromatic N) is 5. The van der Waals surface area contributed by atoms with E-state index in [2.05, 4.69) is 36.1 Å². The lowest BCUT2D eigenvalue weighted by atomic mass is 9.89. The number of carbonyl (C=O) groups is 3. The number of ether oxygens (including phenoxy) is 1. The van der Waals surface area contributed by atoms with Crippen LogP contribution in [0, 0.1) is 6.92 Å². The van der Waals surface area contributed by atoms with Crippen molar-refractivity contribution in [3.63, 3.8) is 0 Å².